The monoisotopic (exact) mass is 233 g/mol. The Hall–Kier alpha value is -1.78. The summed E-state index contributed by atoms with van der Waals surface area (Å²) in [4.78, 5) is 0. The number of nitrogens with zero attached hydrogens (tertiary/aromatic N) is 4. The minimum atomic E-state index is 0.419. The summed E-state index contributed by atoms with van der Waals surface area (Å²) >= 11 is 0. The van der Waals surface area contributed by atoms with Crippen LogP contribution in [0.15, 0.2) is 18.6 Å². The van der Waals surface area contributed by atoms with Crippen LogP contribution in [0.2, 0.25) is 0 Å². The van der Waals surface area contributed by atoms with Crippen molar-refractivity contribution in [3.05, 3.63) is 18.6 Å². The molecule has 0 aliphatic carbocycles. The van der Waals surface area contributed by atoms with E-state index in [1.54, 1.807) is 10.9 Å². The second-order valence-electron chi connectivity index (χ2n) is 4.29. The normalized spacial score (nSPS) is 11.3. The molecule has 5 heteroatoms. The minimum Gasteiger partial charge on any atom is -0.396 e. The van der Waals surface area contributed by atoms with Crippen LogP contribution in [0.4, 0.5) is 5.69 Å². The number of hydrogen-bond donors (Lipinski definition) is 1. The van der Waals surface area contributed by atoms with Gasteiger partial charge in [0, 0.05) is 25.0 Å². The molecule has 0 saturated heterocycles. The van der Waals surface area contributed by atoms with Crippen LogP contribution < -0.4 is 5.73 Å². The van der Waals surface area contributed by atoms with E-state index in [0.29, 0.717) is 11.7 Å². The lowest BCUT2D eigenvalue weighted by molar-refractivity contribution is 0.429. The van der Waals surface area contributed by atoms with E-state index >= 15 is 0 Å². The first-order valence-electron chi connectivity index (χ1n) is 5.99. The third kappa shape index (κ3) is 2.18. The quantitative estimate of drug-likeness (QED) is 0.880. The van der Waals surface area contributed by atoms with Gasteiger partial charge in [-0.2, -0.15) is 10.2 Å². The third-order valence-corrected chi connectivity index (χ3v) is 3.06. The summed E-state index contributed by atoms with van der Waals surface area (Å²) in [5.41, 5.74) is 8.51. The molecule has 2 rings (SSSR count). The van der Waals surface area contributed by atoms with E-state index in [9.17, 15) is 0 Å². The van der Waals surface area contributed by atoms with Gasteiger partial charge in [-0.1, -0.05) is 13.8 Å². The summed E-state index contributed by atoms with van der Waals surface area (Å²) in [6, 6.07) is 0.419. The standard InChI is InChI=1S/C12H19N5/c1-4-10(5-2)17-8-11(13)12(15-17)9-6-14-16(3)7-9/h6-8,10H,4-5,13H2,1-3H3. The van der Waals surface area contributed by atoms with Crippen molar-refractivity contribution in [1.29, 1.82) is 0 Å². The molecule has 0 spiro atoms. The fourth-order valence-electron chi connectivity index (χ4n) is 2.02. The van der Waals surface area contributed by atoms with Gasteiger partial charge in [0.05, 0.1) is 17.9 Å². The van der Waals surface area contributed by atoms with E-state index < -0.39 is 0 Å². The Morgan fingerprint density at radius 1 is 1.29 bits per heavy atom. The molecule has 92 valence electrons. The molecule has 0 radical (unpaired) electrons. The van der Waals surface area contributed by atoms with Gasteiger partial charge in [0.15, 0.2) is 0 Å². The minimum absolute atomic E-state index is 0.419. The number of rotatable bonds is 4. The lowest BCUT2D eigenvalue weighted by Gasteiger charge is -2.12. The van der Waals surface area contributed by atoms with Crippen molar-refractivity contribution in [3.63, 3.8) is 0 Å². The summed E-state index contributed by atoms with van der Waals surface area (Å²) in [6.07, 6.45) is 7.75. The van der Waals surface area contributed by atoms with Crippen LogP contribution in [0.1, 0.15) is 32.7 Å². The zero-order valence-electron chi connectivity index (χ0n) is 10.6. The maximum Gasteiger partial charge on any atom is 0.118 e. The molecular formula is C12H19N5. The van der Waals surface area contributed by atoms with E-state index in [1.165, 1.54) is 0 Å². The van der Waals surface area contributed by atoms with Crippen LogP contribution in [-0.2, 0) is 7.05 Å². The first-order chi connectivity index (χ1) is 8.15. The lowest BCUT2D eigenvalue weighted by atomic mass is 10.2. The average molecular weight is 233 g/mol. The molecule has 0 atom stereocenters. The van der Waals surface area contributed by atoms with Crippen molar-refractivity contribution in [2.24, 2.45) is 7.05 Å². The van der Waals surface area contributed by atoms with Gasteiger partial charge >= 0.3 is 0 Å². The van der Waals surface area contributed by atoms with Gasteiger partial charge in [-0.25, -0.2) is 0 Å². The Bertz CT molecular complexity index is 493. The number of nitrogens with two attached hydrogens (primary N) is 1. The number of anilines is 1. The highest BCUT2D eigenvalue weighted by atomic mass is 15.3. The molecule has 0 aliphatic heterocycles. The van der Waals surface area contributed by atoms with Crippen molar-refractivity contribution in [3.8, 4) is 11.3 Å². The van der Waals surface area contributed by atoms with Gasteiger partial charge in [0.25, 0.3) is 0 Å². The molecule has 2 heterocycles. The van der Waals surface area contributed by atoms with Crippen LogP contribution >= 0.6 is 0 Å². The van der Waals surface area contributed by atoms with Gasteiger partial charge in [0.1, 0.15) is 5.69 Å². The van der Waals surface area contributed by atoms with Crippen molar-refractivity contribution in [2.45, 2.75) is 32.7 Å². The molecule has 2 N–H and O–H groups in total. The smallest absolute Gasteiger partial charge is 0.118 e. The van der Waals surface area contributed by atoms with E-state index in [-0.39, 0.29) is 0 Å². The summed E-state index contributed by atoms with van der Waals surface area (Å²) in [6.45, 7) is 4.32. The maximum atomic E-state index is 6.01. The second kappa shape index (κ2) is 4.61. The number of nitrogen functional groups attached to an aromatic ring is 1. The second-order valence-corrected chi connectivity index (χ2v) is 4.29. The molecule has 0 fully saturated rings. The Morgan fingerprint density at radius 3 is 2.53 bits per heavy atom. The highest BCUT2D eigenvalue weighted by Crippen LogP contribution is 2.26. The lowest BCUT2D eigenvalue weighted by Crippen LogP contribution is -2.07. The zero-order chi connectivity index (χ0) is 12.4. The largest absolute Gasteiger partial charge is 0.396 e. The van der Waals surface area contributed by atoms with E-state index in [0.717, 1.165) is 24.1 Å². The molecule has 0 aliphatic rings. The summed E-state index contributed by atoms with van der Waals surface area (Å²) in [7, 11) is 1.89. The summed E-state index contributed by atoms with van der Waals surface area (Å²) in [5.74, 6) is 0. The van der Waals surface area contributed by atoms with Gasteiger partial charge in [0.2, 0.25) is 0 Å². The highest BCUT2D eigenvalue weighted by Gasteiger charge is 2.14. The van der Waals surface area contributed by atoms with Crippen LogP contribution in [0.25, 0.3) is 11.3 Å². The molecule has 0 saturated carbocycles. The van der Waals surface area contributed by atoms with E-state index in [1.807, 2.05) is 24.1 Å². The average Bonchev–Trinajstić information content (AvgIpc) is 2.87. The van der Waals surface area contributed by atoms with Gasteiger partial charge in [-0.05, 0) is 12.8 Å². The third-order valence-electron chi connectivity index (χ3n) is 3.06. The Morgan fingerprint density at radius 2 is 2.00 bits per heavy atom. The Kier molecular flexibility index (Phi) is 3.17. The SMILES string of the molecule is CCC(CC)n1cc(N)c(-c2cnn(C)c2)n1. The summed E-state index contributed by atoms with van der Waals surface area (Å²) < 4.78 is 3.72. The molecule has 5 nitrogen and oxygen atoms in total. The molecular weight excluding hydrogens is 214 g/mol. The topological polar surface area (TPSA) is 61.7 Å². The number of aryl methyl sites for hydroxylation is 1. The highest BCUT2D eigenvalue weighted by molar-refractivity contribution is 5.70. The fourth-order valence-corrected chi connectivity index (χ4v) is 2.02. The van der Waals surface area contributed by atoms with Gasteiger partial charge < -0.3 is 5.73 Å². The first-order valence-corrected chi connectivity index (χ1v) is 5.99. The van der Waals surface area contributed by atoms with Crippen LogP contribution in [-0.4, -0.2) is 19.6 Å². The first kappa shape index (κ1) is 11.7. The van der Waals surface area contributed by atoms with Gasteiger partial charge in [-0.15, -0.1) is 0 Å². The summed E-state index contributed by atoms with van der Waals surface area (Å²) in [5, 5.41) is 8.71. The Balaban J connectivity index is 2.37. The van der Waals surface area contributed by atoms with Crippen molar-refractivity contribution < 1.29 is 0 Å². The van der Waals surface area contributed by atoms with Crippen molar-refractivity contribution in [2.75, 3.05) is 5.73 Å². The van der Waals surface area contributed by atoms with Crippen LogP contribution in [0.3, 0.4) is 0 Å². The molecule has 17 heavy (non-hydrogen) atoms. The molecule has 0 aromatic carbocycles. The molecule has 2 aromatic heterocycles. The molecule has 2 aromatic rings. The van der Waals surface area contributed by atoms with Crippen LogP contribution in [0, 0.1) is 0 Å². The predicted molar refractivity (Wildman–Crippen MR) is 68.5 cm³/mol. The molecule has 0 amide bonds. The van der Waals surface area contributed by atoms with Crippen molar-refractivity contribution >= 4 is 5.69 Å². The van der Waals surface area contributed by atoms with E-state index in [4.69, 9.17) is 5.73 Å². The zero-order valence-corrected chi connectivity index (χ0v) is 10.6. The molecule has 0 unspecified atom stereocenters. The predicted octanol–water partition coefficient (Wildman–Crippen LogP) is 2.23. The van der Waals surface area contributed by atoms with Crippen molar-refractivity contribution in [1.82, 2.24) is 19.6 Å². The Labute approximate surface area is 101 Å². The fraction of sp³-hybridized carbons (Fsp3) is 0.500. The van der Waals surface area contributed by atoms with Gasteiger partial charge in [-0.3, -0.25) is 9.36 Å². The van der Waals surface area contributed by atoms with Crippen LogP contribution in [0.5, 0.6) is 0 Å². The number of hydrogen-bond acceptors (Lipinski definition) is 3. The maximum absolute atomic E-state index is 6.01. The number of aromatic nitrogens is 4. The molecule has 0 bridgehead atoms. The van der Waals surface area contributed by atoms with E-state index in [2.05, 4.69) is 24.0 Å².